The summed E-state index contributed by atoms with van der Waals surface area (Å²) in [6.45, 7) is 1.77. The monoisotopic (exact) mass is 85.0 g/mol. The van der Waals surface area contributed by atoms with Crippen LogP contribution >= 0.6 is 0 Å². The number of nitrogens with zero attached hydrogens (tertiary/aromatic N) is 1. The summed E-state index contributed by atoms with van der Waals surface area (Å²) in [5.41, 5.74) is 2.44. The maximum Gasteiger partial charge on any atom is 0.235 e. The minimum atomic E-state index is 0.662. The van der Waals surface area contributed by atoms with E-state index >= 15 is 0 Å². The first-order valence-electron chi connectivity index (χ1n) is 1.68. The van der Waals surface area contributed by atoms with Crippen molar-refractivity contribution in [3.8, 4) is 0 Å². The van der Waals surface area contributed by atoms with Crippen LogP contribution in [0, 0.1) is 6.23 Å². The topological polar surface area (TPSA) is 33.6 Å². The number of hydrogen-bond acceptors (Lipinski definition) is 3. The number of hydroxylamine groups is 1. The Labute approximate surface area is 36.0 Å². The third-order valence-corrected chi connectivity index (χ3v) is 0.506. The average Bonchev–Trinajstić information content (AvgIpc) is 1.86. The molecule has 33 valence electrons. The number of aliphatic imine (C=N–C) groups is 1. The van der Waals surface area contributed by atoms with Crippen LogP contribution in [0.15, 0.2) is 4.99 Å². The molecule has 0 fully saturated rings. The Morgan fingerprint density at radius 3 is 3.00 bits per heavy atom. The minimum Gasteiger partial charge on any atom is -0.253 e. The summed E-state index contributed by atoms with van der Waals surface area (Å²) >= 11 is 0. The third-order valence-electron chi connectivity index (χ3n) is 0.506. The van der Waals surface area contributed by atoms with Crippen LogP contribution in [0.3, 0.4) is 0 Å². The zero-order valence-electron chi connectivity index (χ0n) is 3.43. The van der Waals surface area contributed by atoms with Gasteiger partial charge in [-0.05, 0) is 6.92 Å². The van der Waals surface area contributed by atoms with Gasteiger partial charge < -0.3 is 0 Å². The molecule has 0 bridgehead atoms. The molecule has 0 unspecified atom stereocenters. The van der Waals surface area contributed by atoms with Gasteiger partial charge >= 0.3 is 0 Å². The van der Waals surface area contributed by atoms with Crippen molar-refractivity contribution in [3.05, 3.63) is 6.23 Å². The minimum absolute atomic E-state index is 0.662. The van der Waals surface area contributed by atoms with E-state index in [1.165, 1.54) is 6.34 Å². The van der Waals surface area contributed by atoms with E-state index in [1.807, 2.05) is 0 Å². The lowest BCUT2D eigenvalue weighted by Crippen LogP contribution is -2.02. The molecule has 0 saturated heterocycles. The van der Waals surface area contributed by atoms with Gasteiger partial charge in [-0.25, -0.2) is 9.83 Å². The molecule has 1 radical (unpaired) electrons. The van der Waals surface area contributed by atoms with Gasteiger partial charge in [-0.3, -0.25) is 5.48 Å². The zero-order valence-corrected chi connectivity index (χ0v) is 3.43. The van der Waals surface area contributed by atoms with E-state index in [-0.39, 0.29) is 0 Å². The highest BCUT2D eigenvalue weighted by Gasteiger charge is 2.01. The third kappa shape index (κ3) is 0.490. The normalized spacial score (nSPS) is 21.5. The number of nitrogens with one attached hydrogen (secondary N) is 1. The SMILES string of the molecule is C[C]1N=CNO1. The molecule has 0 saturated carbocycles. The van der Waals surface area contributed by atoms with Gasteiger partial charge in [0.05, 0.1) is 0 Å². The van der Waals surface area contributed by atoms with Crippen molar-refractivity contribution in [1.82, 2.24) is 5.48 Å². The fraction of sp³-hybridized carbons (Fsp3) is 0.333. The van der Waals surface area contributed by atoms with E-state index in [0.29, 0.717) is 6.23 Å². The van der Waals surface area contributed by atoms with Gasteiger partial charge in [-0.15, -0.1) is 0 Å². The van der Waals surface area contributed by atoms with Crippen LogP contribution in [0.25, 0.3) is 0 Å². The van der Waals surface area contributed by atoms with Crippen molar-refractivity contribution >= 4 is 6.34 Å². The van der Waals surface area contributed by atoms with Gasteiger partial charge in [0, 0.05) is 0 Å². The van der Waals surface area contributed by atoms with Crippen molar-refractivity contribution in [2.24, 2.45) is 4.99 Å². The molecule has 6 heavy (non-hydrogen) atoms. The quantitative estimate of drug-likeness (QED) is 0.451. The molecule has 3 nitrogen and oxygen atoms in total. The molecule has 1 heterocycles. The Balaban J connectivity index is 2.38. The van der Waals surface area contributed by atoms with Gasteiger partial charge in [0.25, 0.3) is 0 Å². The number of rotatable bonds is 0. The van der Waals surface area contributed by atoms with E-state index in [0.717, 1.165) is 0 Å². The smallest absolute Gasteiger partial charge is 0.235 e. The molecule has 1 rings (SSSR count). The van der Waals surface area contributed by atoms with Crippen molar-refractivity contribution in [2.45, 2.75) is 6.92 Å². The first kappa shape index (κ1) is 3.61. The summed E-state index contributed by atoms with van der Waals surface area (Å²) in [6, 6.07) is 0. The Kier molecular flexibility index (Phi) is 0.759. The Hall–Kier alpha value is -0.570. The molecule has 0 atom stereocenters. The first-order valence-corrected chi connectivity index (χ1v) is 1.68. The maximum absolute atomic E-state index is 4.60. The summed E-state index contributed by atoms with van der Waals surface area (Å²) in [4.78, 5) is 8.29. The molecule has 0 aromatic carbocycles. The van der Waals surface area contributed by atoms with Crippen LogP contribution < -0.4 is 5.48 Å². The van der Waals surface area contributed by atoms with E-state index in [1.54, 1.807) is 6.92 Å². The molecular formula is C3H5N2O. The highest BCUT2D eigenvalue weighted by Crippen LogP contribution is 2.00. The standard InChI is InChI=1S/C3H5N2O/c1-3-4-2-5-6-3/h2H,1H3,(H,4,5). The highest BCUT2D eigenvalue weighted by molar-refractivity contribution is 5.55. The molecule has 1 N–H and O–H groups in total. The molecule has 0 spiro atoms. The lowest BCUT2D eigenvalue weighted by Gasteiger charge is -1.89. The highest BCUT2D eigenvalue weighted by atomic mass is 16.7. The van der Waals surface area contributed by atoms with Crippen LogP contribution in [0.1, 0.15) is 6.92 Å². The van der Waals surface area contributed by atoms with Gasteiger partial charge in [0.2, 0.25) is 6.23 Å². The van der Waals surface area contributed by atoms with Gasteiger partial charge in [0.15, 0.2) is 0 Å². The van der Waals surface area contributed by atoms with E-state index in [4.69, 9.17) is 0 Å². The molecule has 3 heteroatoms. The second-order valence-electron chi connectivity index (χ2n) is 0.997. The summed E-state index contributed by atoms with van der Waals surface area (Å²) in [5.74, 6) is 0. The molecule has 0 amide bonds. The van der Waals surface area contributed by atoms with E-state index < -0.39 is 0 Å². The molecule has 1 aliphatic rings. The Bertz CT molecular complexity index is 71.2. The lowest BCUT2D eigenvalue weighted by atomic mass is 10.7. The first-order chi connectivity index (χ1) is 2.89. The second kappa shape index (κ2) is 1.26. The molecule has 0 aromatic heterocycles. The van der Waals surface area contributed by atoms with Crippen LogP contribution in [0.2, 0.25) is 0 Å². The number of hydrogen-bond donors (Lipinski definition) is 1. The van der Waals surface area contributed by atoms with Crippen molar-refractivity contribution in [3.63, 3.8) is 0 Å². The van der Waals surface area contributed by atoms with Gasteiger partial charge in [-0.2, -0.15) is 0 Å². The maximum atomic E-state index is 4.60. The molecule has 1 aliphatic heterocycles. The summed E-state index contributed by atoms with van der Waals surface area (Å²) in [7, 11) is 0. The fourth-order valence-corrected chi connectivity index (χ4v) is 0.255. The molecule has 0 aliphatic carbocycles. The second-order valence-corrected chi connectivity index (χ2v) is 0.997. The van der Waals surface area contributed by atoms with Crippen molar-refractivity contribution in [2.75, 3.05) is 0 Å². The van der Waals surface area contributed by atoms with E-state index in [9.17, 15) is 0 Å². The molecule has 0 aromatic rings. The lowest BCUT2D eigenvalue weighted by molar-refractivity contribution is 0.126. The Morgan fingerprint density at radius 1 is 2.00 bits per heavy atom. The predicted molar refractivity (Wildman–Crippen MR) is 21.6 cm³/mol. The average molecular weight is 85.1 g/mol. The van der Waals surface area contributed by atoms with Crippen LogP contribution in [-0.2, 0) is 4.84 Å². The van der Waals surface area contributed by atoms with Crippen molar-refractivity contribution in [1.29, 1.82) is 0 Å². The fourth-order valence-electron chi connectivity index (χ4n) is 0.255. The van der Waals surface area contributed by atoms with Crippen LogP contribution in [0.4, 0.5) is 0 Å². The molecular weight excluding hydrogens is 80.0 g/mol. The van der Waals surface area contributed by atoms with Crippen LogP contribution in [-0.4, -0.2) is 6.34 Å². The summed E-state index contributed by atoms with van der Waals surface area (Å²) in [6.07, 6.45) is 2.16. The van der Waals surface area contributed by atoms with E-state index in [2.05, 4.69) is 15.3 Å². The zero-order chi connectivity index (χ0) is 4.41. The largest absolute Gasteiger partial charge is 0.253 e. The van der Waals surface area contributed by atoms with Gasteiger partial charge in [-0.1, -0.05) is 0 Å². The summed E-state index contributed by atoms with van der Waals surface area (Å²) < 4.78 is 0. The van der Waals surface area contributed by atoms with Crippen LogP contribution in [0.5, 0.6) is 0 Å². The van der Waals surface area contributed by atoms with Gasteiger partial charge in [0.1, 0.15) is 6.34 Å². The summed E-state index contributed by atoms with van der Waals surface area (Å²) in [5, 5.41) is 0. The Morgan fingerprint density at radius 2 is 2.83 bits per heavy atom. The van der Waals surface area contributed by atoms with Crippen molar-refractivity contribution < 1.29 is 4.84 Å². The predicted octanol–water partition coefficient (Wildman–Crippen LogP) is 0.0589.